The van der Waals surface area contributed by atoms with E-state index in [4.69, 9.17) is 0 Å². The molecule has 0 radical (unpaired) electrons. The average Bonchev–Trinajstić information content (AvgIpc) is 2.60. The van der Waals surface area contributed by atoms with Crippen LogP contribution in [0.2, 0.25) is 0 Å². The second-order valence-electron chi connectivity index (χ2n) is 3.64. The topological polar surface area (TPSA) is 50.7 Å². The van der Waals surface area contributed by atoms with E-state index in [1.165, 1.54) is 4.88 Å². The standard InChI is InChI=1S/C11H14N4S/c1-7-4-11(15-8(2)14-7)13-6-10-5-12-9(3)16-10/h4-5H,6H2,1-3H3,(H,13,14,15). The molecule has 1 N–H and O–H groups in total. The molecule has 2 rings (SSSR count). The Morgan fingerprint density at radius 3 is 2.69 bits per heavy atom. The molecule has 0 saturated heterocycles. The van der Waals surface area contributed by atoms with Crippen LogP contribution in [-0.2, 0) is 6.54 Å². The summed E-state index contributed by atoms with van der Waals surface area (Å²) in [6, 6.07) is 1.95. The Balaban J connectivity index is 2.04. The zero-order chi connectivity index (χ0) is 11.5. The van der Waals surface area contributed by atoms with Crippen molar-refractivity contribution in [1.29, 1.82) is 0 Å². The molecule has 84 valence electrons. The van der Waals surface area contributed by atoms with E-state index in [0.29, 0.717) is 0 Å². The number of aromatic nitrogens is 3. The van der Waals surface area contributed by atoms with Gasteiger partial charge in [-0.3, -0.25) is 0 Å². The zero-order valence-electron chi connectivity index (χ0n) is 9.61. The fourth-order valence-corrected chi connectivity index (χ4v) is 2.21. The molecule has 4 nitrogen and oxygen atoms in total. The summed E-state index contributed by atoms with van der Waals surface area (Å²) in [5.41, 5.74) is 0.982. The van der Waals surface area contributed by atoms with Crippen molar-refractivity contribution < 1.29 is 0 Å². The molecule has 0 amide bonds. The molecule has 0 aromatic carbocycles. The quantitative estimate of drug-likeness (QED) is 0.886. The molecule has 5 heteroatoms. The van der Waals surface area contributed by atoms with Crippen LogP contribution in [0.25, 0.3) is 0 Å². The molecule has 0 atom stereocenters. The molecule has 0 unspecified atom stereocenters. The smallest absolute Gasteiger partial charge is 0.130 e. The Morgan fingerprint density at radius 1 is 1.25 bits per heavy atom. The van der Waals surface area contributed by atoms with Gasteiger partial charge in [0, 0.05) is 22.8 Å². The molecular weight excluding hydrogens is 220 g/mol. The Morgan fingerprint density at radius 2 is 2.06 bits per heavy atom. The van der Waals surface area contributed by atoms with Gasteiger partial charge in [-0.25, -0.2) is 15.0 Å². The van der Waals surface area contributed by atoms with Gasteiger partial charge in [-0.1, -0.05) is 0 Å². The molecule has 0 aliphatic heterocycles. The van der Waals surface area contributed by atoms with Crippen molar-refractivity contribution in [2.45, 2.75) is 27.3 Å². The fourth-order valence-electron chi connectivity index (χ4n) is 1.47. The third-order valence-corrected chi connectivity index (χ3v) is 2.99. The van der Waals surface area contributed by atoms with Gasteiger partial charge in [0.2, 0.25) is 0 Å². The first-order valence-corrected chi connectivity index (χ1v) is 5.92. The van der Waals surface area contributed by atoms with Crippen LogP contribution in [0, 0.1) is 20.8 Å². The van der Waals surface area contributed by atoms with Crippen molar-refractivity contribution in [2.24, 2.45) is 0 Å². The number of hydrogen-bond donors (Lipinski definition) is 1. The summed E-state index contributed by atoms with van der Waals surface area (Å²) in [5, 5.41) is 4.36. The second-order valence-corrected chi connectivity index (χ2v) is 4.96. The van der Waals surface area contributed by atoms with Crippen LogP contribution in [0.5, 0.6) is 0 Å². The number of anilines is 1. The molecule has 2 aromatic rings. The zero-order valence-corrected chi connectivity index (χ0v) is 10.4. The van der Waals surface area contributed by atoms with Crippen molar-refractivity contribution in [3.63, 3.8) is 0 Å². The highest BCUT2D eigenvalue weighted by molar-refractivity contribution is 7.11. The lowest BCUT2D eigenvalue weighted by Crippen LogP contribution is -2.02. The van der Waals surface area contributed by atoms with Crippen molar-refractivity contribution in [1.82, 2.24) is 15.0 Å². The summed E-state index contributed by atoms with van der Waals surface area (Å²) in [5.74, 6) is 1.67. The van der Waals surface area contributed by atoms with Gasteiger partial charge in [-0.05, 0) is 20.8 Å². The number of aryl methyl sites for hydroxylation is 3. The highest BCUT2D eigenvalue weighted by Gasteiger charge is 2.00. The van der Waals surface area contributed by atoms with Crippen LogP contribution in [0.1, 0.15) is 21.4 Å². The SMILES string of the molecule is Cc1cc(NCc2cnc(C)s2)nc(C)n1. The van der Waals surface area contributed by atoms with E-state index in [1.54, 1.807) is 11.3 Å². The summed E-state index contributed by atoms with van der Waals surface area (Å²) in [4.78, 5) is 14.0. The number of nitrogens with one attached hydrogen (secondary N) is 1. The molecule has 2 heterocycles. The lowest BCUT2D eigenvalue weighted by Gasteiger charge is -2.05. The second kappa shape index (κ2) is 4.57. The molecule has 0 aliphatic carbocycles. The van der Waals surface area contributed by atoms with Crippen LogP contribution < -0.4 is 5.32 Å². The monoisotopic (exact) mass is 234 g/mol. The van der Waals surface area contributed by atoms with Gasteiger partial charge < -0.3 is 5.32 Å². The third-order valence-electron chi connectivity index (χ3n) is 2.08. The highest BCUT2D eigenvalue weighted by Crippen LogP contribution is 2.13. The van der Waals surface area contributed by atoms with Gasteiger partial charge in [0.1, 0.15) is 11.6 Å². The van der Waals surface area contributed by atoms with Gasteiger partial charge in [-0.2, -0.15) is 0 Å². The van der Waals surface area contributed by atoms with Crippen LogP contribution in [0.4, 0.5) is 5.82 Å². The van der Waals surface area contributed by atoms with Crippen LogP contribution in [0.15, 0.2) is 12.3 Å². The van der Waals surface area contributed by atoms with Gasteiger partial charge >= 0.3 is 0 Å². The Hall–Kier alpha value is -1.49. The molecule has 0 fully saturated rings. The van der Waals surface area contributed by atoms with Crippen LogP contribution >= 0.6 is 11.3 Å². The predicted molar refractivity (Wildman–Crippen MR) is 65.7 cm³/mol. The van der Waals surface area contributed by atoms with Gasteiger partial charge in [-0.15, -0.1) is 11.3 Å². The number of nitrogens with zero attached hydrogens (tertiary/aromatic N) is 3. The van der Waals surface area contributed by atoms with Crippen molar-refractivity contribution >= 4 is 17.2 Å². The third kappa shape index (κ3) is 2.76. The molecule has 0 aliphatic rings. The Kier molecular flexibility index (Phi) is 3.14. The minimum atomic E-state index is 0.765. The maximum atomic E-state index is 4.32. The first-order valence-electron chi connectivity index (χ1n) is 5.11. The van der Waals surface area contributed by atoms with E-state index >= 15 is 0 Å². The number of hydrogen-bond acceptors (Lipinski definition) is 5. The molecular formula is C11H14N4S. The van der Waals surface area contributed by atoms with E-state index in [-0.39, 0.29) is 0 Å². The summed E-state index contributed by atoms with van der Waals surface area (Å²) < 4.78 is 0. The molecule has 0 spiro atoms. The summed E-state index contributed by atoms with van der Waals surface area (Å²) >= 11 is 1.70. The summed E-state index contributed by atoms with van der Waals surface area (Å²) in [6.07, 6.45) is 1.90. The minimum absolute atomic E-state index is 0.765. The van der Waals surface area contributed by atoms with Crippen molar-refractivity contribution in [3.8, 4) is 0 Å². The van der Waals surface area contributed by atoms with Crippen LogP contribution in [-0.4, -0.2) is 15.0 Å². The van der Waals surface area contributed by atoms with E-state index < -0.39 is 0 Å². The van der Waals surface area contributed by atoms with E-state index in [1.807, 2.05) is 33.0 Å². The summed E-state index contributed by atoms with van der Waals surface area (Å²) in [6.45, 7) is 6.64. The summed E-state index contributed by atoms with van der Waals surface area (Å²) in [7, 11) is 0. The Bertz CT molecular complexity index is 472. The lowest BCUT2D eigenvalue weighted by molar-refractivity contribution is 0.995. The first kappa shape index (κ1) is 11.0. The number of rotatable bonds is 3. The van der Waals surface area contributed by atoms with Crippen molar-refractivity contribution in [3.05, 3.63) is 33.7 Å². The van der Waals surface area contributed by atoms with Gasteiger partial charge in [0.05, 0.1) is 11.6 Å². The van der Waals surface area contributed by atoms with E-state index in [0.717, 1.165) is 28.9 Å². The molecule has 2 aromatic heterocycles. The highest BCUT2D eigenvalue weighted by atomic mass is 32.1. The maximum absolute atomic E-state index is 4.32. The number of thiazole rings is 1. The maximum Gasteiger partial charge on any atom is 0.130 e. The van der Waals surface area contributed by atoms with Crippen LogP contribution in [0.3, 0.4) is 0 Å². The molecule has 16 heavy (non-hydrogen) atoms. The fraction of sp³-hybridized carbons (Fsp3) is 0.364. The van der Waals surface area contributed by atoms with E-state index in [2.05, 4.69) is 20.3 Å². The largest absolute Gasteiger partial charge is 0.365 e. The van der Waals surface area contributed by atoms with Gasteiger partial charge in [0.25, 0.3) is 0 Å². The Labute approximate surface area is 98.8 Å². The normalized spacial score (nSPS) is 10.4. The lowest BCUT2D eigenvalue weighted by atomic mass is 10.4. The molecule has 0 saturated carbocycles. The molecule has 0 bridgehead atoms. The van der Waals surface area contributed by atoms with E-state index in [9.17, 15) is 0 Å². The van der Waals surface area contributed by atoms with Crippen molar-refractivity contribution in [2.75, 3.05) is 5.32 Å². The van der Waals surface area contributed by atoms with Gasteiger partial charge in [0.15, 0.2) is 0 Å². The predicted octanol–water partition coefficient (Wildman–Crippen LogP) is 2.47. The first-order chi connectivity index (χ1) is 7.63. The average molecular weight is 234 g/mol. The minimum Gasteiger partial charge on any atom is -0.365 e.